The molecule has 1 aliphatic carbocycles. The van der Waals surface area contributed by atoms with Crippen LogP contribution in [0.25, 0.3) is 6.08 Å². The van der Waals surface area contributed by atoms with E-state index < -0.39 is 0 Å². The van der Waals surface area contributed by atoms with E-state index in [-0.39, 0.29) is 5.41 Å². The zero-order valence-corrected chi connectivity index (χ0v) is 18.1. The summed E-state index contributed by atoms with van der Waals surface area (Å²) in [4.78, 5) is 2.13. The maximum Gasteiger partial charge on any atom is 0.209 e. The third kappa shape index (κ3) is 3.69. The summed E-state index contributed by atoms with van der Waals surface area (Å²) in [6.45, 7) is 3.29. The molecule has 2 aliphatic rings. The molecule has 0 bridgehead atoms. The minimum atomic E-state index is 0.211. The van der Waals surface area contributed by atoms with Gasteiger partial charge in [-0.2, -0.15) is 4.58 Å². The average molecular weight is 386 g/mol. The summed E-state index contributed by atoms with van der Waals surface area (Å²) in [5.41, 5.74) is 7.13. The summed E-state index contributed by atoms with van der Waals surface area (Å²) in [7, 11) is 4.15. The Morgan fingerprint density at radius 1 is 0.897 bits per heavy atom. The van der Waals surface area contributed by atoms with E-state index in [0.717, 1.165) is 6.54 Å². The van der Waals surface area contributed by atoms with Gasteiger partial charge in [0.15, 0.2) is 5.71 Å². The van der Waals surface area contributed by atoms with Crippen molar-refractivity contribution in [1.29, 1.82) is 0 Å². The van der Waals surface area contributed by atoms with E-state index >= 15 is 0 Å². The van der Waals surface area contributed by atoms with Crippen molar-refractivity contribution in [3.8, 4) is 0 Å². The zero-order chi connectivity index (χ0) is 20.3. The molecule has 0 radical (unpaired) electrons. The van der Waals surface area contributed by atoms with Gasteiger partial charge < -0.3 is 4.90 Å². The average Bonchev–Trinajstić information content (AvgIpc) is 3.01. The maximum absolute atomic E-state index is 2.54. The number of rotatable bonds is 5. The van der Waals surface area contributed by atoms with Gasteiger partial charge in [0.05, 0.1) is 5.41 Å². The number of nitrogens with zero attached hydrogens (tertiary/aromatic N) is 2. The Morgan fingerprint density at radius 2 is 1.59 bits per heavy atom. The van der Waals surface area contributed by atoms with Gasteiger partial charge in [-0.1, -0.05) is 67.8 Å². The smallest absolute Gasteiger partial charge is 0.209 e. The molecule has 0 N–H and O–H groups in total. The van der Waals surface area contributed by atoms with Gasteiger partial charge >= 0.3 is 0 Å². The van der Waals surface area contributed by atoms with Gasteiger partial charge in [0, 0.05) is 37.5 Å². The molecule has 150 valence electrons. The predicted octanol–water partition coefficient (Wildman–Crippen LogP) is 6.34. The van der Waals surface area contributed by atoms with Crippen LogP contribution in [0.4, 0.5) is 11.4 Å². The van der Waals surface area contributed by atoms with Gasteiger partial charge in [-0.05, 0) is 37.5 Å². The van der Waals surface area contributed by atoms with Crippen LogP contribution in [-0.2, 0) is 5.41 Å². The van der Waals surface area contributed by atoms with Crippen molar-refractivity contribution in [1.82, 2.24) is 0 Å². The van der Waals surface area contributed by atoms with Crippen LogP contribution in [0.5, 0.6) is 0 Å². The molecule has 1 saturated carbocycles. The lowest BCUT2D eigenvalue weighted by molar-refractivity contribution is -0.433. The predicted molar refractivity (Wildman–Crippen MR) is 126 cm³/mol. The van der Waals surface area contributed by atoms with Gasteiger partial charge in [0.25, 0.3) is 0 Å². The monoisotopic (exact) mass is 385 g/mol. The summed E-state index contributed by atoms with van der Waals surface area (Å²) < 4.78 is 2.54. The topological polar surface area (TPSA) is 6.25 Å². The molecule has 2 heteroatoms. The first kappa shape index (κ1) is 19.7. The van der Waals surface area contributed by atoms with Crippen LogP contribution in [0.3, 0.4) is 0 Å². The maximum atomic E-state index is 2.54. The highest BCUT2D eigenvalue weighted by Crippen LogP contribution is 2.48. The largest absolute Gasteiger partial charge is 0.378 e. The van der Waals surface area contributed by atoms with Gasteiger partial charge in [-0.15, -0.1) is 0 Å². The number of anilines is 1. The molecule has 0 aromatic heterocycles. The first-order valence-electron chi connectivity index (χ1n) is 11.0. The molecular formula is C27H33N2+. The number of fused-ring (bicyclic) bond motifs is 2. The van der Waals surface area contributed by atoms with E-state index in [9.17, 15) is 0 Å². The van der Waals surface area contributed by atoms with Gasteiger partial charge in [-0.3, -0.25) is 0 Å². The molecule has 2 nitrogen and oxygen atoms in total. The Labute approximate surface area is 175 Å². The second kappa shape index (κ2) is 8.41. The zero-order valence-electron chi connectivity index (χ0n) is 18.1. The molecule has 0 amide bonds. The normalized spacial score (nSPS) is 18.2. The standard InChI is InChI=1S/C27H33N2/c1-4-29-25-14-8-7-13-24(25)27(20-10-5-11-21-27)26(29)15-9-6-12-22-16-18-23(19-17-22)28(2)3/h6-9,12-19H,4-5,10-11,20-21H2,1-3H3/q+1. The number of hydrogen-bond acceptors (Lipinski definition) is 1. The summed E-state index contributed by atoms with van der Waals surface area (Å²) in [5.74, 6) is 0. The van der Waals surface area contributed by atoms with Crippen molar-refractivity contribution in [3.05, 3.63) is 77.9 Å². The molecule has 0 atom stereocenters. The Morgan fingerprint density at radius 3 is 2.28 bits per heavy atom. The Hall–Kier alpha value is -2.61. The molecule has 1 fully saturated rings. The quantitative estimate of drug-likeness (QED) is 0.430. The fraction of sp³-hybridized carbons (Fsp3) is 0.370. The number of benzene rings is 2. The lowest BCUT2D eigenvalue weighted by Crippen LogP contribution is -2.36. The van der Waals surface area contributed by atoms with Crippen LogP contribution in [0.1, 0.15) is 50.2 Å². The van der Waals surface area contributed by atoms with Crippen molar-refractivity contribution in [2.75, 3.05) is 25.5 Å². The molecule has 1 aliphatic heterocycles. The molecule has 29 heavy (non-hydrogen) atoms. The van der Waals surface area contributed by atoms with E-state index in [1.807, 2.05) is 0 Å². The Balaban J connectivity index is 1.62. The van der Waals surface area contributed by atoms with E-state index in [2.05, 4.69) is 103 Å². The number of allylic oxidation sites excluding steroid dienone is 3. The minimum Gasteiger partial charge on any atom is -0.378 e. The van der Waals surface area contributed by atoms with Crippen molar-refractivity contribution < 1.29 is 4.58 Å². The first-order chi connectivity index (χ1) is 14.2. The van der Waals surface area contributed by atoms with Gasteiger partial charge in [0.2, 0.25) is 5.69 Å². The molecule has 2 aromatic carbocycles. The first-order valence-corrected chi connectivity index (χ1v) is 11.0. The molecule has 4 rings (SSSR count). The van der Waals surface area contributed by atoms with Crippen molar-refractivity contribution >= 4 is 23.2 Å². The Kier molecular flexibility index (Phi) is 5.71. The van der Waals surface area contributed by atoms with Crippen LogP contribution >= 0.6 is 0 Å². The fourth-order valence-electron chi connectivity index (χ4n) is 5.11. The van der Waals surface area contributed by atoms with E-state index in [1.54, 1.807) is 5.56 Å². The van der Waals surface area contributed by atoms with Gasteiger partial charge in [-0.25, -0.2) is 0 Å². The lowest BCUT2D eigenvalue weighted by Gasteiger charge is -2.31. The molecule has 0 unspecified atom stereocenters. The second-order valence-electron chi connectivity index (χ2n) is 8.49. The Bertz CT molecular complexity index is 939. The summed E-state index contributed by atoms with van der Waals surface area (Å²) in [5, 5.41) is 0. The third-order valence-electron chi connectivity index (χ3n) is 6.58. The minimum absolute atomic E-state index is 0.211. The van der Waals surface area contributed by atoms with Crippen molar-refractivity contribution in [2.24, 2.45) is 0 Å². The highest BCUT2D eigenvalue weighted by atomic mass is 15.1. The van der Waals surface area contributed by atoms with Crippen molar-refractivity contribution in [2.45, 2.75) is 44.4 Å². The van der Waals surface area contributed by atoms with E-state index in [0.29, 0.717) is 0 Å². The second-order valence-corrected chi connectivity index (χ2v) is 8.49. The summed E-state index contributed by atoms with van der Waals surface area (Å²) in [6.07, 6.45) is 15.6. The molecule has 1 spiro atoms. The number of hydrogen-bond donors (Lipinski definition) is 0. The van der Waals surface area contributed by atoms with Crippen LogP contribution in [0.15, 0.2) is 66.8 Å². The highest BCUT2D eigenvalue weighted by Gasteiger charge is 2.50. The van der Waals surface area contributed by atoms with Crippen LogP contribution in [0, 0.1) is 0 Å². The molecule has 1 heterocycles. The van der Waals surface area contributed by atoms with Crippen LogP contribution in [0.2, 0.25) is 0 Å². The molecule has 2 aromatic rings. The van der Waals surface area contributed by atoms with Crippen molar-refractivity contribution in [3.63, 3.8) is 0 Å². The molecular weight excluding hydrogens is 352 g/mol. The summed E-state index contributed by atoms with van der Waals surface area (Å²) >= 11 is 0. The SMILES string of the molecule is CC[N+]1=C(/C=C/C=C/c2ccc(N(C)C)cc2)C2(CCCCC2)c2ccccc21. The van der Waals surface area contributed by atoms with Crippen LogP contribution in [-0.4, -0.2) is 30.9 Å². The third-order valence-corrected chi connectivity index (χ3v) is 6.58. The number of para-hydroxylation sites is 1. The fourth-order valence-corrected chi connectivity index (χ4v) is 5.11. The van der Waals surface area contributed by atoms with Gasteiger partial charge in [0.1, 0.15) is 6.54 Å². The van der Waals surface area contributed by atoms with E-state index in [4.69, 9.17) is 0 Å². The molecule has 0 saturated heterocycles. The lowest BCUT2D eigenvalue weighted by atomic mass is 9.67. The van der Waals surface area contributed by atoms with Crippen LogP contribution < -0.4 is 4.90 Å². The highest BCUT2D eigenvalue weighted by molar-refractivity contribution is 6.04. The summed E-state index contributed by atoms with van der Waals surface area (Å²) in [6, 6.07) is 17.8. The van der Waals surface area contributed by atoms with E-state index in [1.165, 1.54) is 54.8 Å².